The van der Waals surface area contributed by atoms with Crippen molar-refractivity contribution in [3.8, 4) is 0 Å². The SMILES string of the molecule is Cc1ccc(CO)cc1NC(=O)c1occc1C. The summed E-state index contributed by atoms with van der Waals surface area (Å²) in [5.41, 5.74) is 3.17. The van der Waals surface area contributed by atoms with Crippen molar-refractivity contribution in [1.82, 2.24) is 0 Å². The average Bonchev–Trinajstić information content (AvgIpc) is 2.78. The zero-order valence-electron chi connectivity index (χ0n) is 10.4. The molecule has 1 heterocycles. The van der Waals surface area contributed by atoms with Crippen molar-refractivity contribution in [2.45, 2.75) is 20.5 Å². The number of anilines is 1. The fraction of sp³-hybridized carbons (Fsp3) is 0.214. The quantitative estimate of drug-likeness (QED) is 0.873. The van der Waals surface area contributed by atoms with Crippen LogP contribution in [0.15, 0.2) is 34.9 Å². The van der Waals surface area contributed by atoms with Crippen LogP contribution >= 0.6 is 0 Å². The highest BCUT2D eigenvalue weighted by molar-refractivity contribution is 6.03. The second-order valence-corrected chi connectivity index (χ2v) is 4.19. The molecule has 18 heavy (non-hydrogen) atoms. The summed E-state index contributed by atoms with van der Waals surface area (Å²) < 4.78 is 5.13. The summed E-state index contributed by atoms with van der Waals surface area (Å²) in [6, 6.07) is 7.18. The van der Waals surface area contributed by atoms with Crippen LogP contribution in [-0.2, 0) is 6.61 Å². The van der Waals surface area contributed by atoms with Gasteiger partial charge in [-0.1, -0.05) is 12.1 Å². The van der Waals surface area contributed by atoms with Gasteiger partial charge in [-0.2, -0.15) is 0 Å². The lowest BCUT2D eigenvalue weighted by Crippen LogP contribution is -2.13. The number of hydrogen-bond acceptors (Lipinski definition) is 3. The molecule has 94 valence electrons. The van der Waals surface area contributed by atoms with Crippen LogP contribution in [0, 0.1) is 13.8 Å². The third-order valence-electron chi connectivity index (χ3n) is 2.80. The number of aliphatic hydroxyl groups excluding tert-OH is 1. The summed E-state index contributed by atoms with van der Waals surface area (Å²) in [4.78, 5) is 12.0. The van der Waals surface area contributed by atoms with Gasteiger partial charge in [0, 0.05) is 11.3 Å². The van der Waals surface area contributed by atoms with Crippen molar-refractivity contribution < 1.29 is 14.3 Å². The molecule has 1 aromatic carbocycles. The largest absolute Gasteiger partial charge is 0.459 e. The molecule has 2 aromatic rings. The molecule has 0 radical (unpaired) electrons. The van der Waals surface area contributed by atoms with E-state index in [-0.39, 0.29) is 12.5 Å². The molecule has 0 bridgehead atoms. The fourth-order valence-electron chi connectivity index (χ4n) is 1.69. The van der Waals surface area contributed by atoms with E-state index in [4.69, 9.17) is 9.52 Å². The van der Waals surface area contributed by atoms with Gasteiger partial charge in [-0.25, -0.2) is 0 Å². The number of carbonyl (C=O) groups is 1. The maximum absolute atomic E-state index is 12.0. The van der Waals surface area contributed by atoms with Gasteiger partial charge in [0.15, 0.2) is 5.76 Å². The van der Waals surface area contributed by atoms with E-state index in [1.165, 1.54) is 6.26 Å². The molecule has 0 spiro atoms. The van der Waals surface area contributed by atoms with E-state index in [0.29, 0.717) is 11.4 Å². The van der Waals surface area contributed by atoms with Crippen molar-refractivity contribution in [3.63, 3.8) is 0 Å². The molecule has 1 aromatic heterocycles. The lowest BCUT2D eigenvalue weighted by molar-refractivity contribution is 0.0995. The predicted molar refractivity (Wildman–Crippen MR) is 68.5 cm³/mol. The molecule has 1 amide bonds. The van der Waals surface area contributed by atoms with Gasteiger partial charge in [0.05, 0.1) is 12.9 Å². The van der Waals surface area contributed by atoms with Gasteiger partial charge in [-0.15, -0.1) is 0 Å². The third kappa shape index (κ3) is 2.43. The van der Waals surface area contributed by atoms with Gasteiger partial charge in [-0.05, 0) is 37.1 Å². The molecular weight excluding hydrogens is 230 g/mol. The summed E-state index contributed by atoms with van der Waals surface area (Å²) in [5, 5.41) is 11.9. The fourth-order valence-corrected chi connectivity index (χ4v) is 1.69. The molecule has 2 rings (SSSR count). The molecule has 0 unspecified atom stereocenters. The Hall–Kier alpha value is -2.07. The molecule has 2 N–H and O–H groups in total. The van der Waals surface area contributed by atoms with Gasteiger partial charge >= 0.3 is 0 Å². The monoisotopic (exact) mass is 245 g/mol. The van der Waals surface area contributed by atoms with E-state index in [9.17, 15) is 4.79 Å². The van der Waals surface area contributed by atoms with E-state index in [2.05, 4.69) is 5.32 Å². The molecule has 0 atom stereocenters. The standard InChI is InChI=1S/C14H15NO3/c1-9-3-4-11(8-16)7-12(9)15-14(17)13-10(2)5-6-18-13/h3-7,16H,8H2,1-2H3,(H,15,17). The molecule has 0 aliphatic rings. The van der Waals surface area contributed by atoms with Crippen molar-refractivity contribution in [3.05, 3.63) is 53.0 Å². The Morgan fingerprint density at radius 3 is 2.67 bits per heavy atom. The summed E-state index contributed by atoms with van der Waals surface area (Å²) in [6.07, 6.45) is 1.49. The van der Waals surface area contributed by atoms with E-state index in [1.807, 2.05) is 26.0 Å². The number of benzene rings is 1. The first kappa shape index (κ1) is 12.4. The van der Waals surface area contributed by atoms with Crippen LogP contribution in [0.1, 0.15) is 27.2 Å². The number of nitrogens with one attached hydrogen (secondary N) is 1. The highest BCUT2D eigenvalue weighted by atomic mass is 16.3. The minimum absolute atomic E-state index is 0.0526. The number of carbonyl (C=O) groups excluding carboxylic acids is 1. The molecule has 4 nitrogen and oxygen atoms in total. The first-order chi connectivity index (χ1) is 8.61. The Kier molecular flexibility index (Phi) is 3.48. The third-order valence-corrected chi connectivity index (χ3v) is 2.80. The van der Waals surface area contributed by atoms with Crippen LogP contribution in [0.25, 0.3) is 0 Å². The molecule has 0 aliphatic carbocycles. The van der Waals surface area contributed by atoms with E-state index >= 15 is 0 Å². The van der Waals surface area contributed by atoms with Gasteiger partial charge in [0.25, 0.3) is 5.91 Å². The second-order valence-electron chi connectivity index (χ2n) is 4.19. The number of furan rings is 1. The highest BCUT2D eigenvalue weighted by Crippen LogP contribution is 2.19. The number of aliphatic hydroxyl groups is 1. The summed E-state index contributed by atoms with van der Waals surface area (Å²) in [7, 11) is 0. The predicted octanol–water partition coefficient (Wildman–Crippen LogP) is 2.64. The van der Waals surface area contributed by atoms with Gasteiger partial charge < -0.3 is 14.8 Å². The van der Waals surface area contributed by atoms with Crippen molar-refractivity contribution in [1.29, 1.82) is 0 Å². The molecule has 0 saturated heterocycles. The topological polar surface area (TPSA) is 62.5 Å². The van der Waals surface area contributed by atoms with Crippen molar-refractivity contribution in [2.24, 2.45) is 0 Å². The van der Waals surface area contributed by atoms with E-state index < -0.39 is 0 Å². The summed E-state index contributed by atoms with van der Waals surface area (Å²) >= 11 is 0. The number of rotatable bonds is 3. The molecule has 0 saturated carbocycles. The second kappa shape index (κ2) is 5.06. The minimum atomic E-state index is -0.282. The number of hydrogen-bond donors (Lipinski definition) is 2. The minimum Gasteiger partial charge on any atom is -0.459 e. The van der Waals surface area contributed by atoms with Crippen molar-refractivity contribution in [2.75, 3.05) is 5.32 Å². The van der Waals surface area contributed by atoms with E-state index in [1.54, 1.807) is 12.1 Å². The van der Waals surface area contributed by atoms with Gasteiger partial charge in [-0.3, -0.25) is 4.79 Å². The van der Waals surface area contributed by atoms with Crippen LogP contribution in [-0.4, -0.2) is 11.0 Å². The Labute approximate surface area is 105 Å². The Balaban J connectivity index is 2.24. The first-order valence-electron chi connectivity index (χ1n) is 5.67. The number of amides is 1. The van der Waals surface area contributed by atoms with Gasteiger partial charge in [0.1, 0.15) is 0 Å². The van der Waals surface area contributed by atoms with Crippen LogP contribution in [0.2, 0.25) is 0 Å². The summed E-state index contributed by atoms with van der Waals surface area (Å²) in [5.74, 6) is 0.0273. The normalized spacial score (nSPS) is 10.4. The van der Waals surface area contributed by atoms with Crippen LogP contribution in [0.3, 0.4) is 0 Å². The van der Waals surface area contributed by atoms with Crippen LogP contribution in [0.4, 0.5) is 5.69 Å². The zero-order valence-corrected chi connectivity index (χ0v) is 10.4. The molecule has 0 fully saturated rings. The van der Waals surface area contributed by atoms with Crippen LogP contribution < -0.4 is 5.32 Å². The Morgan fingerprint density at radius 1 is 1.28 bits per heavy atom. The highest BCUT2D eigenvalue weighted by Gasteiger charge is 2.13. The summed E-state index contributed by atoms with van der Waals surface area (Å²) in [6.45, 7) is 3.66. The van der Waals surface area contributed by atoms with E-state index in [0.717, 1.165) is 16.7 Å². The molecule has 0 aliphatic heterocycles. The molecule has 4 heteroatoms. The van der Waals surface area contributed by atoms with Gasteiger partial charge in [0.2, 0.25) is 0 Å². The Bertz CT molecular complexity index is 572. The average molecular weight is 245 g/mol. The maximum Gasteiger partial charge on any atom is 0.291 e. The van der Waals surface area contributed by atoms with Crippen molar-refractivity contribution >= 4 is 11.6 Å². The number of aryl methyl sites for hydroxylation is 2. The van der Waals surface area contributed by atoms with Crippen LogP contribution in [0.5, 0.6) is 0 Å². The lowest BCUT2D eigenvalue weighted by Gasteiger charge is -2.09. The maximum atomic E-state index is 12.0. The lowest BCUT2D eigenvalue weighted by atomic mass is 10.1. The molecular formula is C14H15NO3. The zero-order chi connectivity index (χ0) is 13.1. The smallest absolute Gasteiger partial charge is 0.291 e. The Morgan fingerprint density at radius 2 is 2.06 bits per heavy atom. The first-order valence-corrected chi connectivity index (χ1v) is 5.67.